The summed E-state index contributed by atoms with van der Waals surface area (Å²) in [4.78, 5) is 34.5. The van der Waals surface area contributed by atoms with Crippen molar-refractivity contribution in [2.24, 2.45) is 5.92 Å². The molecule has 5 rings (SSSR count). The van der Waals surface area contributed by atoms with E-state index in [9.17, 15) is 18.0 Å². The number of benzene rings is 1. The van der Waals surface area contributed by atoms with Gasteiger partial charge in [0.2, 0.25) is 21.8 Å². The molecule has 37 heavy (non-hydrogen) atoms. The van der Waals surface area contributed by atoms with Crippen molar-refractivity contribution in [2.45, 2.75) is 49.5 Å². The lowest BCUT2D eigenvalue weighted by atomic mass is 9.84. The van der Waals surface area contributed by atoms with Gasteiger partial charge >= 0.3 is 0 Å². The number of carbonyl (C=O) groups excluding carboxylic acids is 2. The van der Waals surface area contributed by atoms with E-state index in [1.807, 2.05) is 11.9 Å². The lowest BCUT2D eigenvalue weighted by molar-refractivity contribution is -0.142. The second-order valence-corrected chi connectivity index (χ2v) is 12.7. The smallest absolute Gasteiger partial charge is 0.248 e. The summed E-state index contributed by atoms with van der Waals surface area (Å²) in [6, 6.07) is 4.17. The number of rotatable bonds is 7. The molecule has 1 aromatic heterocycles. The topological polar surface area (TPSA) is 112 Å². The Morgan fingerprint density at radius 3 is 2.76 bits per heavy atom. The van der Waals surface area contributed by atoms with Gasteiger partial charge in [-0.3, -0.25) is 9.59 Å². The highest BCUT2D eigenvalue weighted by molar-refractivity contribution is 7.89. The predicted molar refractivity (Wildman–Crippen MR) is 141 cm³/mol. The van der Waals surface area contributed by atoms with Gasteiger partial charge in [0.1, 0.15) is 18.4 Å². The minimum atomic E-state index is -3.91. The molecule has 0 spiro atoms. The number of aromatic nitrogens is 1. The minimum Gasteiger partial charge on any atom is -0.490 e. The molecule has 10 nitrogen and oxygen atoms in total. The van der Waals surface area contributed by atoms with Crippen molar-refractivity contribution in [3.63, 3.8) is 0 Å². The van der Waals surface area contributed by atoms with Gasteiger partial charge in [-0.2, -0.15) is 4.31 Å². The number of amides is 2. The second kappa shape index (κ2) is 11.0. The van der Waals surface area contributed by atoms with Gasteiger partial charge in [-0.1, -0.05) is 32.1 Å². The number of hydrogen-bond acceptors (Lipinski definition) is 8. The first-order valence-corrected chi connectivity index (χ1v) is 15.1. The van der Waals surface area contributed by atoms with E-state index >= 15 is 0 Å². The van der Waals surface area contributed by atoms with Crippen LogP contribution in [0.2, 0.25) is 0 Å². The fourth-order valence-electron chi connectivity index (χ4n) is 5.44. The van der Waals surface area contributed by atoms with Crippen molar-refractivity contribution in [1.29, 1.82) is 0 Å². The van der Waals surface area contributed by atoms with Crippen LogP contribution in [0.4, 0.5) is 10.8 Å². The van der Waals surface area contributed by atoms with E-state index in [0.29, 0.717) is 29.8 Å². The maximum absolute atomic E-state index is 13.4. The van der Waals surface area contributed by atoms with Crippen molar-refractivity contribution in [1.82, 2.24) is 14.2 Å². The van der Waals surface area contributed by atoms with E-state index < -0.39 is 16.1 Å². The molecule has 3 heterocycles. The second-order valence-electron chi connectivity index (χ2n) is 9.91. The lowest BCUT2D eigenvalue weighted by Gasteiger charge is -2.39. The molecular formula is C25H33N5O5S2. The van der Waals surface area contributed by atoms with E-state index in [0.717, 1.165) is 37.9 Å². The van der Waals surface area contributed by atoms with E-state index in [2.05, 4.69) is 10.3 Å². The summed E-state index contributed by atoms with van der Waals surface area (Å²) in [6.45, 7) is 1.19. The molecule has 200 valence electrons. The molecule has 1 N–H and O–H groups in total. The normalized spacial score (nSPS) is 20.3. The van der Waals surface area contributed by atoms with Crippen LogP contribution in [0, 0.1) is 5.92 Å². The maximum atomic E-state index is 13.4. The molecule has 0 radical (unpaired) electrons. The molecule has 1 atom stereocenters. The predicted octanol–water partition coefficient (Wildman–Crippen LogP) is 2.78. The molecule has 1 aliphatic carbocycles. The Labute approximate surface area is 221 Å². The zero-order valence-corrected chi connectivity index (χ0v) is 22.6. The summed E-state index contributed by atoms with van der Waals surface area (Å²) < 4.78 is 33.8. The third-order valence-corrected chi connectivity index (χ3v) is 10.0. The first-order valence-electron chi connectivity index (χ1n) is 12.8. The number of anilines is 2. The van der Waals surface area contributed by atoms with Crippen molar-refractivity contribution >= 4 is 44.0 Å². The van der Waals surface area contributed by atoms with Gasteiger partial charge in [0.15, 0.2) is 5.13 Å². The maximum Gasteiger partial charge on any atom is 0.248 e. The fourth-order valence-corrected chi connectivity index (χ4v) is 7.36. The Bertz CT molecular complexity index is 1230. The van der Waals surface area contributed by atoms with Crippen LogP contribution in [0.25, 0.3) is 0 Å². The number of piperazine rings is 1. The van der Waals surface area contributed by atoms with Gasteiger partial charge in [0, 0.05) is 37.8 Å². The third-order valence-electron chi connectivity index (χ3n) is 7.51. The van der Waals surface area contributed by atoms with Crippen LogP contribution in [0.5, 0.6) is 5.75 Å². The summed E-state index contributed by atoms with van der Waals surface area (Å²) in [5.41, 5.74) is 0.836. The lowest BCUT2D eigenvalue weighted by Crippen LogP contribution is -2.58. The fraction of sp³-hybridized carbons (Fsp3) is 0.560. The van der Waals surface area contributed by atoms with Gasteiger partial charge in [-0.15, -0.1) is 11.3 Å². The van der Waals surface area contributed by atoms with E-state index in [4.69, 9.17) is 4.74 Å². The number of ether oxygens (including phenoxy) is 1. The molecule has 1 saturated carbocycles. The highest BCUT2D eigenvalue weighted by Gasteiger charge is 2.39. The Hall–Kier alpha value is -2.70. The molecular weight excluding hydrogens is 514 g/mol. The molecule has 1 saturated heterocycles. The quantitative estimate of drug-likeness (QED) is 0.567. The molecule has 3 aliphatic rings. The van der Waals surface area contributed by atoms with Crippen LogP contribution in [-0.2, 0) is 19.6 Å². The molecule has 2 aromatic rings. The van der Waals surface area contributed by atoms with Gasteiger partial charge in [-0.25, -0.2) is 13.4 Å². The molecule has 2 amide bonds. The number of likely N-dealkylation sites (N-methyl/N-ethyl adjacent to an activating group) is 1. The van der Waals surface area contributed by atoms with Crippen LogP contribution >= 0.6 is 11.3 Å². The first-order chi connectivity index (χ1) is 17.8. The van der Waals surface area contributed by atoms with E-state index in [-0.39, 0.29) is 36.3 Å². The number of nitrogens with zero attached hydrogens (tertiary/aromatic N) is 4. The zero-order chi connectivity index (χ0) is 26.0. The van der Waals surface area contributed by atoms with Gasteiger partial charge in [-0.05, 0) is 24.5 Å². The SMILES string of the molecule is CN1CCOc2cc(S(=O)(=O)N3CCN(C(CC4CCCCC4)C(=O)Nc4nccs4)C(=O)C3)ccc21. The number of sulfonamides is 1. The Morgan fingerprint density at radius 2 is 2.03 bits per heavy atom. The van der Waals surface area contributed by atoms with Crippen LogP contribution in [0.3, 0.4) is 0 Å². The highest BCUT2D eigenvalue weighted by Crippen LogP contribution is 2.34. The number of fused-ring (bicyclic) bond motifs is 1. The number of carbonyl (C=O) groups is 2. The third kappa shape index (κ3) is 5.60. The Balaban J connectivity index is 1.32. The summed E-state index contributed by atoms with van der Waals surface area (Å²) in [5, 5.41) is 5.13. The van der Waals surface area contributed by atoms with Crippen molar-refractivity contribution in [2.75, 3.05) is 50.1 Å². The summed E-state index contributed by atoms with van der Waals surface area (Å²) >= 11 is 1.33. The van der Waals surface area contributed by atoms with E-state index in [1.54, 1.807) is 28.6 Å². The largest absolute Gasteiger partial charge is 0.490 e. The highest BCUT2D eigenvalue weighted by atomic mass is 32.2. The summed E-state index contributed by atoms with van der Waals surface area (Å²) in [5.74, 6) is 0.259. The van der Waals surface area contributed by atoms with Gasteiger partial charge in [0.05, 0.1) is 23.7 Å². The average molecular weight is 548 g/mol. The number of nitrogens with one attached hydrogen (secondary N) is 1. The first kappa shape index (κ1) is 25.9. The van der Waals surface area contributed by atoms with Crippen LogP contribution in [-0.4, -0.2) is 80.3 Å². The zero-order valence-electron chi connectivity index (χ0n) is 21.0. The minimum absolute atomic E-state index is 0.100. The Kier molecular flexibility index (Phi) is 7.68. The molecule has 1 unspecified atom stereocenters. The Morgan fingerprint density at radius 1 is 1.22 bits per heavy atom. The number of hydrogen-bond donors (Lipinski definition) is 1. The molecule has 0 bridgehead atoms. The monoisotopic (exact) mass is 547 g/mol. The van der Waals surface area contributed by atoms with E-state index in [1.165, 1.54) is 28.1 Å². The van der Waals surface area contributed by atoms with Crippen molar-refractivity contribution < 1.29 is 22.7 Å². The van der Waals surface area contributed by atoms with Crippen LogP contribution in [0.15, 0.2) is 34.7 Å². The molecule has 12 heteroatoms. The van der Waals surface area contributed by atoms with Crippen LogP contribution < -0.4 is 15.0 Å². The van der Waals surface area contributed by atoms with Gasteiger partial charge < -0.3 is 19.9 Å². The average Bonchev–Trinajstić information content (AvgIpc) is 3.41. The summed E-state index contributed by atoms with van der Waals surface area (Å²) in [6.07, 6.45) is 7.74. The van der Waals surface area contributed by atoms with Gasteiger partial charge in [0.25, 0.3) is 0 Å². The molecule has 2 aliphatic heterocycles. The summed E-state index contributed by atoms with van der Waals surface area (Å²) in [7, 11) is -1.97. The van der Waals surface area contributed by atoms with Crippen molar-refractivity contribution in [3.8, 4) is 5.75 Å². The molecule has 2 fully saturated rings. The molecule has 1 aromatic carbocycles. The van der Waals surface area contributed by atoms with Crippen LogP contribution in [0.1, 0.15) is 38.5 Å². The number of thiazole rings is 1. The van der Waals surface area contributed by atoms with Crippen molar-refractivity contribution in [3.05, 3.63) is 29.8 Å². The standard InChI is InChI=1S/C25H33N5O5S2/c1-28-12-13-35-22-16-19(7-8-20(22)28)37(33,34)29-10-11-30(23(31)17-29)21(15-18-5-3-2-4-6-18)24(32)27-25-26-9-14-36-25/h7-9,14,16,18,21H,2-6,10-13,15,17H2,1H3,(H,26,27,32).